The van der Waals surface area contributed by atoms with Crippen LogP contribution in [0.2, 0.25) is 0 Å². The van der Waals surface area contributed by atoms with Gasteiger partial charge in [0.1, 0.15) is 0 Å². The highest BCUT2D eigenvalue weighted by Crippen LogP contribution is 2.09. The van der Waals surface area contributed by atoms with E-state index in [9.17, 15) is 4.79 Å². The summed E-state index contributed by atoms with van der Waals surface area (Å²) in [6, 6.07) is 0. The second-order valence-electron chi connectivity index (χ2n) is 4.08. The minimum absolute atomic E-state index is 0.156. The molecule has 0 bridgehead atoms. The van der Waals surface area contributed by atoms with E-state index in [1.807, 2.05) is 6.92 Å². The molecule has 1 amide bonds. The molecule has 0 atom stereocenters. The number of amides is 1. The molecule has 0 aliphatic carbocycles. The lowest BCUT2D eigenvalue weighted by molar-refractivity contribution is -0.120. The van der Waals surface area contributed by atoms with Gasteiger partial charge >= 0.3 is 0 Å². The van der Waals surface area contributed by atoms with Crippen molar-refractivity contribution in [1.29, 1.82) is 0 Å². The number of hydrogen-bond donors (Lipinski definition) is 1. The first-order valence-corrected chi connectivity index (χ1v) is 6.38. The van der Waals surface area contributed by atoms with Crippen molar-refractivity contribution in [2.24, 2.45) is 0 Å². The molecule has 0 aromatic heterocycles. The Hall–Kier alpha value is -0.530. The van der Waals surface area contributed by atoms with E-state index < -0.39 is 0 Å². The van der Waals surface area contributed by atoms with Crippen molar-refractivity contribution in [2.75, 3.05) is 0 Å². The summed E-state index contributed by atoms with van der Waals surface area (Å²) in [4.78, 5) is 11.1. The van der Waals surface area contributed by atoms with Gasteiger partial charge < -0.3 is 5.32 Å². The first kappa shape index (κ1) is 14.5. The molecular weight excluding hydrogens is 186 g/mol. The highest BCUT2D eigenvalue weighted by molar-refractivity contribution is 5.76. The average Bonchev–Trinajstić information content (AvgIpc) is 2.22. The fraction of sp³-hybridized carbons (Fsp3) is 0.846. The van der Waals surface area contributed by atoms with Crippen molar-refractivity contribution in [1.82, 2.24) is 5.32 Å². The SMILES string of the molecule is C[CH]NC(=O)CCCCCCCCCC. The van der Waals surface area contributed by atoms with Crippen LogP contribution in [-0.2, 0) is 4.79 Å². The molecule has 0 heterocycles. The van der Waals surface area contributed by atoms with Crippen LogP contribution in [0, 0.1) is 6.54 Å². The maximum atomic E-state index is 11.1. The van der Waals surface area contributed by atoms with Gasteiger partial charge in [-0.05, 0) is 13.3 Å². The van der Waals surface area contributed by atoms with Crippen molar-refractivity contribution in [3.8, 4) is 0 Å². The van der Waals surface area contributed by atoms with E-state index in [2.05, 4.69) is 12.2 Å². The highest BCUT2D eigenvalue weighted by Gasteiger charge is 1.98. The van der Waals surface area contributed by atoms with Crippen molar-refractivity contribution in [3.05, 3.63) is 6.54 Å². The predicted octanol–water partition coefficient (Wildman–Crippen LogP) is 3.82. The second kappa shape index (κ2) is 11.5. The third-order valence-corrected chi connectivity index (χ3v) is 2.56. The zero-order valence-corrected chi connectivity index (χ0v) is 10.3. The topological polar surface area (TPSA) is 29.1 Å². The van der Waals surface area contributed by atoms with Gasteiger partial charge in [0.05, 0.1) is 0 Å². The Balaban J connectivity index is 3.01. The molecule has 89 valence electrons. The molecule has 0 saturated heterocycles. The molecule has 0 saturated carbocycles. The Morgan fingerprint density at radius 3 is 2.07 bits per heavy atom. The van der Waals surface area contributed by atoms with Gasteiger partial charge in [-0.1, -0.05) is 51.9 Å². The van der Waals surface area contributed by atoms with Gasteiger partial charge in [0, 0.05) is 13.0 Å². The molecule has 2 nitrogen and oxygen atoms in total. The molecule has 0 rings (SSSR count). The van der Waals surface area contributed by atoms with E-state index in [-0.39, 0.29) is 5.91 Å². The largest absolute Gasteiger partial charge is 0.352 e. The summed E-state index contributed by atoms with van der Waals surface area (Å²) in [5, 5.41) is 2.70. The monoisotopic (exact) mass is 212 g/mol. The van der Waals surface area contributed by atoms with Gasteiger partial charge in [0.25, 0.3) is 0 Å². The van der Waals surface area contributed by atoms with Gasteiger partial charge in [-0.2, -0.15) is 0 Å². The molecule has 0 spiro atoms. The van der Waals surface area contributed by atoms with Crippen LogP contribution in [0.4, 0.5) is 0 Å². The number of carbonyl (C=O) groups excluding carboxylic acids is 1. The van der Waals surface area contributed by atoms with Gasteiger partial charge in [0.2, 0.25) is 5.91 Å². The number of hydrogen-bond acceptors (Lipinski definition) is 1. The molecule has 0 aromatic carbocycles. The van der Waals surface area contributed by atoms with Crippen LogP contribution in [-0.4, -0.2) is 5.91 Å². The molecule has 1 radical (unpaired) electrons. The van der Waals surface area contributed by atoms with Crippen molar-refractivity contribution < 1.29 is 4.79 Å². The quantitative estimate of drug-likeness (QED) is 0.548. The Morgan fingerprint density at radius 1 is 1.00 bits per heavy atom. The number of nitrogens with one attached hydrogen (secondary N) is 1. The number of rotatable bonds is 10. The third-order valence-electron chi connectivity index (χ3n) is 2.56. The first-order valence-electron chi connectivity index (χ1n) is 6.38. The molecule has 0 aliphatic heterocycles. The molecule has 0 aliphatic rings. The molecule has 15 heavy (non-hydrogen) atoms. The van der Waals surface area contributed by atoms with Crippen molar-refractivity contribution in [3.63, 3.8) is 0 Å². The first-order chi connectivity index (χ1) is 7.31. The van der Waals surface area contributed by atoms with Gasteiger partial charge in [0.15, 0.2) is 0 Å². The fourth-order valence-electron chi connectivity index (χ4n) is 1.65. The zero-order chi connectivity index (χ0) is 11.4. The Labute approximate surface area is 94.8 Å². The van der Waals surface area contributed by atoms with Crippen LogP contribution < -0.4 is 5.32 Å². The smallest absolute Gasteiger partial charge is 0.220 e. The van der Waals surface area contributed by atoms with Crippen molar-refractivity contribution >= 4 is 5.91 Å². The van der Waals surface area contributed by atoms with Gasteiger partial charge in [-0.25, -0.2) is 0 Å². The summed E-state index contributed by atoms with van der Waals surface area (Å²) in [6.45, 7) is 5.78. The van der Waals surface area contributed by atoms with Gasteiger partial charge in [-0.3, -0.25) is 4.79 Å². The Morgan fingerprint density at radius 2 is 1.53 bits per heavy atom. The normalized spacial score (nSPS) is 10.3. The molecule has 0 unspecified atom stereocenters. The summed E-state index contributed by atoms with van der Waals surface area (Å²) < 4.78 is 0. The van der Waals surface area contributed by atoms with E-state index in [4.69, 9.17) is 0 Å². The number of unbranched alkanes of at least 4 members (excludes halogenated alkanes) is 7. The van der Waals surface area contributed by atoms with E-state index in [0.717, 1.165) is 6.42 Å². The zero-order valence-electron chi connectivity index (χ0n) is 10.3. The summed E-state index contributed by atoms with van der Waals surface area (Å²) >= 11 is 0. The Kier molecular flexibility index (Phi) is 11.1. The van der Waals surface area contributed by atoms with Crippen LogP contribution in [0.25, 0.3) is 0 Å². The summed E-state index contributed by atoms with van der Waals surface area (Å²) in [5.41, 5.74) is 0. The lowest BCUT2D eigenvalue weighted by atomic mass is 10.1. The lowest BCUT2D eigenvalue weighted by Crippen LogP contribution is -2.18. The standard InChI is InChI=1S/C13H26NO/c1-3-5-6-7-8-9-10-11-12-13(15)14-4-2/h4H,3,5-12H2,1-2H3,(H,14,15). The summed E-state index contributed by atoms with van der Waals surface area (Å²) in [5.74, 6) is 0.156. The molecule has 0 aromatic rings. The second-order valence-corrected chi connectivity index (χ2v) is 4.08. The highest BCUT2D eigenvalue weighted by atomic mass is 16.1. The number of carbonyl (C=O) groups is 1. The van der Waals surface area contributed by atoms with Crippen LogP contribution in [0.5, 0.6) is 0 Å². The minimum Gasteiger partial charge on any atom is -0.352 e. The molecule has 2 heteroatoms. The van der Waals surface area contributed by atoms with Crippen LogP contribution in [0.3, 0.4) is 0 Å². The van der Waals surface area contributed by atoms with Gasteiger partial charge in [-0.15, -0.1) is 0 Å². The average molecular weight is 212 g/mol. The lowest BCUT2D eigenvalue weighted by Gasteiger charge is -2.02. The van der Waals surface area contributed by atoms with Crippen LogP contribution in [0.15, 0.2) is 0 Å². The summed E-state index contributed by atoms with van der Waals surface area (Å²) in [7, 11) is 0. The Bertz CT molecular complexity index is 145. The van der Waals surface area contributed by atoms with E-state index in [0.29, 0.717) is 6.42 Å². The van der Waals surface area contributed by atoms with E-state index >= 15 is 0 Å². The van der Waals surface area contributed by atoms with Crippen LogP contribution in [0.1, 0.15) is 71.6 Å². The van der Waals surface area contributed by atoms with Crippen molar-refractivity contribution in [2.45, 2.75) is 71.6 Å². The molecular formula is C13H26NO. The minimum atomic E-state index is 0.156. The van der Waals surface area contributed by atoms with E-state index in [1.165, 1.54) is 44.9 Å². The fourth-order valence-corrected chi connectivity index (χ4v) is 1.65. The molecule has 1 N–H and O–H groups in total. The maximum Gasteiger partial charge on any atom is 0.220 e. The summed E-state index contributed by atoms with van der Waals surface area (Å²) in [6.07, 6.45) is 11.0. The van der Waals surface area contributed by atoms with Crippen LogP contribution >= 0.6 is 0 Å². The third kappa shape index (κ3) is 11.4. The maximum absolute atomic E-state index is 11.1. The predicted molar refractivity (Wildman–Crippen MR) is 65.3 cm³/mol. The van der Waals surface area contributed by atoms with E-state index in [1.54, 1.807) is 6.54 Å². The molecule has 0 fully saturated rings.